The Morgan fingerprint density at radius 3 is 2.72 bits per heavy atom. The van der Waals surface area contributed by atoms with Gasteiger partial charge in [-0.15, -0.1) is 0 Å². The van der Waals surface area contributed by atoms with Gasteiger partial charge in [0.15, 0.2) is 0 Å². The Bertz CT molecular complexity index is 1680. The number of aryl methyl sites for hydroxylation is 2. The molecule has 0 radical (unpaired) electrons. The Kier molecular flexibility index (Phi) is 7.67. The van der Waals surface area contributed by atoms with Crippen molar-refractivity contribution in [1.82, 2.24) is 29.7 Å². The van der Waals surface area contributed by atoms with E-state index in [1.807, 2.05) is 17.9 Å². The summed E-state index contributed by atoms with van der Waals surface area (Å²) < 4.78 is 15.8. The van der Waals surface area contributed by atoms with Crippen molar-refractivity contribution >= 4 is 33.8 Å². The summed E-state index contributed by atoms with van der Waals surface area (Å²) in [7, 11) is 2.11. The summed E-state index contributed by atoms with van der Waals surface area (Å²) in [5, 5.41) is 8.62. The first-order chi connectivity index (χ1) is 21.0. The molecule has 0 aliphatic carbocycles. The predicted octanol–water partition coefficient (Wildman–Crippen LogP) is 3.56. The highest BCUT2D eigenvalue weighted by atomic mass is 16.5. The van der Waals surface area contributed by atoms with Crippen molar-refractivity contribution in [2.75, 3.05) is 46.1 Å². The fourth-order valence-corrected chi connectivity index (χ4v) is 6.78. The van der Waals surface area contributed by atoms with E-state index in [1.54, 1.807) is 0 Å². The predicted molar refractivity (Wildman–Crippen MR) is 165 cm³/mol. The molecule has 0 spiro atoms. The first-order valence-electron chi connectivity index (χ1n) is 15.6. The van der Waals surface area contributed by atoms with Gasteiger partial charge in [0.05, 0.1) is 36.3 Å². The van der Waals surface area contributed by atoms with Gasteiger partial charge in [-0.1, -0.05) is 0 Å². The third-order valence-corrected chi connectivity index (χ3v) is 9.13. The number of carbonyl (C=O) groups excluding carboxylic acids is 2. The maximum atomic E-state index is 13.6. The fourth-order valence-electron chi connectivity index (χ4n) is 6.78. The SMILES string of the molecule is C[C@H]1NC(=O)COCCCCCn2c(-c3cc4cc5c(cc4n3C)CCN(C[C@H]3COCCN3)C5=O)cc3ccc1nc32. The molecular formula is C33H40N6O4. The average molecular weight is 585 g/mol. The van der Waals surface area contributed by atoms with Crippen LogP contribution in [0.1, 0.15) is 53.8 Å². The standard InChI is InChI=1S/C33H40N6O4/c1-21-27-7-6-23-16-30(39(32(23)36-27)10-4-3-5-12-42-20-31(40)35-21)29-17-24-14-26-22(15-28(24)37(29)2)8-11-38(33(26)41)18-25-19-43-13-9-34-25/h6-7,14-17,21,25,34H,3-5,8-13,18-20H2,1-2H3,(H,35,40)/t21-,25+/m1/s1. The molecule has 7 rings (SSSR count). The van der Waals surface area contributed by atoms with Crippen LogP contribution in [0.5, 0.6) is 0 Å². The summed E-state index contributed by atoms with van der Waals surface area (Å²) >= 11 is 0. The first kappa shape index (κ1) is 28.1. The van der Waals surface area contributed by atoms with Crippen LogP contribution >= 0.6 is 0 Å². The van der Waals surface area contributed by atoms with Gasteiger partial charge in [0.1, 0.15) is 12.3 Å². The lowest BCUT2D eigenvalue weighted by Gasteiger charge is -2.33. The highest BCUT2D eigenvalue weighted by Crippen LogP contribution is 2.35. The maximum absolute atomic E-state index is 13.6. The number of aromatic nitrogens is 3. The van der Waals surface area contributed by atoms with Crippen LogP contribution in [0.15, 0.2) is 36.4 Å². The second kappa shape index (κ2) is 11.7. The van der Waals surface area contributed by atoms with E-state index in [4.69, 9.17) is 14.5 Å². The molecule has 43 heavy (non-hydrogen) atoms. The monoisotopic (exact) mass is 584 g/mol. The van der Waals surface area contributed by atoms with Crippen LogP contribution in [-0.4, -0.2) is 82.9 Å². The van der Waals surface area contributed by atoms with E-state index >= 15 is 0 Å². The van der Waals surface area contributed by atoms with Gasteiger partial charge in [0.25, 0.3) is 5.91 Å². The van der Waals surface area contributed by atoms with Gasteiger partial charge in [-0.2, -0.15) is 0 Å². The second-order valence-corrected chi connectivity index (χ2v) is 12.1. The summed E-state index contributed by atoms with van der Waals surface area (Å²) in [5.74, 6) is -0.0212. The number of pyridine rings is 1. The Morgan fingerprint density at radius 1 is 0.977 bits per heavy atom. The second-order valence-electron chi connectivity index (χ2n) is 12.1. The molecule has 3 aliphatic rings. The smallest absolute Gasteiger partial charge is 0.254 e. The van der Waals surface area contributed by atoms with E-state index in [-0.39, 0.29) is 30.5 Å². The van der Waals surface area contributed by atoms with E-state index in [9.17, 15) is 9.59 Å². The molecule has 0 unspecified atom stereocenters. The molecule has 226 valence electrons. The average Bonchev–Trinajstić information content (AvgIpc) is 3.53. The highest BCUT2D eigenvalue weighted by molar-refractivity contribution is 6.02. The number of hydrogen-bond donors (Lipinski definition) is 2. The van der Waals surface area contributed by atoms with E-state index in [0.717, 1.165) is 102 Å². The van der Waals surface area contributed by atoms with Crippen LogP contribution in [0.4, 0.5) is 0 Å². The Hall–Kier alpha value is -3.73. The summed E-state index contributed by atoms with van der Waals surface area (Å²) in [6, 6.07) is 12.8. The molecule has 2 atom stereocenters. The van der Waals surface area contributed by atoms with E-state index < -0.39 is 0 Å². The van der Waals surface area contributed by atoms with Gasteiger partial charge >= 0.3 is 0 Å². The molecule has 1 aromatic carbocycles. The maximum Gasteiger partial charge on any atom is 0.254 e. The van der Waals surface area contributed by atoms with Gasteiger partial charge in [0.2, 0.25) is 5.91 Å². The van der Waals surface area contributed by atoms with Crippen LogP contribution < -0.4 is 10.6 Å². The Morgan fingerprint density at radius 2 is 1.86 bits per heavy atom. The lowest BCUT2D eigenvalue weighted by atomic mass is 9.96. The van der Waals surface area contributed by atoms with Gasteiger partial charge in [0, 0.05) is 67.7 Å². The lowest BCUT2D eigenvalue weighted by molar-refractivity contribution is -0.126. The fraction of sp³-hybridized carbons (Fsp3) is 0.485. The molecule has 2 N–H and O–H groups in total. The number of morpholine rings is 1. The number of fused-ring (bicyclic) bond motifs is 3. The number of rotatable bonds is 3. The van der Waals surface area contributed by atoms with E-state index in [1.165, 1.54) is 0 Å². The van der Waals surface area contributed by atoms with Gasteiger partial charge < -0.3 is 34.1 Å². The molecule has 10 heteroatoms. The number of carbonyl (C=O) groups is 2. The lowest BCUT2D eigenvalue weighted by Crippen LogP contribution is -2.51. The van der Waals surface area contributed by atoms with Crippen LogP contribution in [0.25, 0.3) is 33.3 Å². The number of benzene rings is 1. The van der Waals surface area contributed by atoms with Crippen molar-refractivity contribution in [2.45, 2.75) is 51.2 Å². The molecule has 10 nitrogen and oxygen atoms in total. The van der Waals surface area contributed by atoms with Crippen LogP contribution in [0.3, 0.4) is 0 Å². The van der Waals surface area contributed by atoms with Crippen molar-refractivity contribution in [2.24, 2.45) is 7.05 Å². The number of hydrogen-bond acceptors (Lipinski definition) is 6. The largest absolute Gasteiger partial charge is 0.378 e. The topological polar surface area (TPSA) is 103 Å². The molecule has 1 saturated heterocycles. The van der Waals surface area contributed by atoms with Crippen molar-refractivity contribution in [3.8, 4) is 11.4 Å². The number of ether oxygens (including phenoxy) is 2. The first-order valence-corrected chi connectivity index (χ1v) is 15.6. The van der Waals surface area contributed by atoms with Crippen molar-refractivity contribution in [1.29, 1.82) is 0 Å². The molecule has 0 saturated carbocycles. The Labute approximate surface area is 251 Å². The number of nitrogens with zero attached hydrogens (tertiary/aromatic N) is 4. The highest BCUT2D eigenvalue weighted by Gasteiger charge is 2.29. The van der Waals surface area contributed by atoms with Crippen LogP contribution in [0.2, 0.25) is 0 Å². The van der Waals surface area contributed by atoms with Crippen molar-refractivity contribution in [3.05, 3.63) is 53.2 Å². The van der Waals surface area contributed by atoms with E-state index in [0.29, 0.717) is 19.8 Å². The molecule has 2 amide bonds. The minimum atomic E-state index is -0.224. The minimum Gasteiger partial charge on any atom is -0.378 e. The van der Waals surface area contributed by atoms with Gasteiger partial charge in [-0.3, -0.25) is 9.59 Å². The van der Waals surface area contributed by atoms with Crippen LogP contribution in [-0.2, 0) is 34.3 Å². The summed E-state index contributed by atoms with van der Waals surface area (Å²) in [5.41, 5.74) is 6.99. The van der Waals surface area contributed by atoms with Gasteiger partial charge in [-0.05, 0) is 74.6 Å². The zero-order valence-electron chi connectivity index (χ0n) is 25.0. The van der Waals surface area contributed by atoms with Crippen molar-refractivity contribution in [3.63, 3.8) is 0 Å². The quantitative estimate of drug-likeness (QED) is 0.382. The molecule has 3 aromatic heterocycles. The zero-order valence-corrected chi connectivity index (χ0v) is 25.0. The zero-order chi connectivity index (χ0) is 29.5. The third-order valence-electron chi connectivity index (χ3n) is 9.13. The Balaban J connectivity index is 1.25. The number of amides is 2. The third kappa shape index (κ3) is 5.43. The summed E-state index contributed by atoms with van der Waals surface area (Å²) in [4.78, 5) is 33.0. The molecule has 1 fully saturated rings. The van der Waals surface area contributed by atoms with Crippen molar-refractivity contribution < 1.29 is 19.1 Å². The normalized spacial score (nSPS) is 22.1. The summed E-state index contributed by atoms with van der Waals surface area (Å²) in [6.45, 7) is 7.03. The summed E-state index contributed by atoms with van der Waals surface area (Å²) in [6.07, 6.45) is 3.73. The minimum absolute atomic E-state index is 0.0773. The molecule has 6 heterocycles. The van der Waals surface area contributed by atoms with Gasteiger partial charge in [-0.25, -0.2) is 4.98 Å². The molecular weight excluding hydrogens is 544 g/mol. The van der Waals surface area contributed by atoms with Crippen LogP contribution in [0, 0.1) is 0 Å². The molecule has 3 aliphatic heterocycles. The molecule has 2 bridgehead atoms. The van der Waals surface area contributed by atoms with E-state index in [2.05, 4.69) is 57.1 Å². The molecule has 4 aromatic rings. The number of nitrogens with one attached hydrogen (secondary N) is 2.